The largest absolute Gasteiger partial charge is 0.399 e. The van der Waals surface area contributed by atoms with Gasteiger partial charge in [0.25, 0.3) is 0 Å². The number of benzene rings is 2. The van der Waals surface area contributed by atoms with Crippen molar-refractivity contribution in [1.82, 2.24) is 0 Å². The third-order valence-corrected chi connectivity index (χ3v) is 3.81. The SMILES string of the molecule is CC1=C(N)C(N)N(c2cccc(-c3ccccc3)c2)C=C1. The van der Waals surface area contributed by atoms with E-state index in [9.17, 15) is 0 Å². The van der Waals surface area contributed by atoms with Crippen LogP contribution in [0.15, 0.2) is 78.1 Å². The summed E-state index contributed by atoms with van der Waals surface area (Å²) in [7, 11) is 0. The van der Waals surface area contributed by atoms with Gasteiger partial charge in [-0.3, -0.25) is 0 Å². The smallest absolute Gasteiger partial charge is 0.122 e. The molecule has 1 aliphatic heterocycles. The lowest BCUT2D eigenvalue weighted by molar-refractivity contribution is 0.742. The Morgan fingerprint density at radius 2 is 1.67 bits per heavy atom. The van der Waals surface area contributed by atoms with E-state index in [1.54, 1.807) is 0 Å². The Kier molecular flexibility index (Phi) is 3.50. The lowest BCUT2D eigenvalue weighted by Crippen LogP contribution is -2.44. The number of anilines is 1. The number of nitrogens with zero attached hydrogens (tertiary/aromatic N) is 1. The molecule has 0 spiro atoms. The lowest BCUT2D eigenvalue weighted by atomic mass is 10.0. The maximum Gasteiger partial charge on any atom is 0.122 e. The average molecular weight is 277 g/mol. The van der Waals surface area contributed by atoms with Crippen LogP contribution in [0.1, 0.15) is 6.92 Å². The molecule has 0 fully saturated rings. The molecule has 2 aromatic carbocycles. The molecule has 0 aromatic heterocycles. The Morgan fingerprint density at radius 1 is 0.952 bits per heavy atom. The zero-order chi connectivity index (χ0) is 14.8. The fourth-order valence-corrected chi connectivity index (χ4v) is 2.49. The summed E-state index contributed by atoms with van der Waals surface area (Å²) in [5.41, 5.74) is 17.4. The van der Waals surface area contributed by atoms with Gasteiger partial charge in [0.1, 0.15) is 6.17 Å². The average Bonchev–Trinajstić information content (AvgIpc) is 2.54. The second-order valence-corrected chi connectivity index (χ2v) is 5.22. The van der Waals surface area contributed by atoms with Crippen molar-refractivity contribution in [2.75, 3.05) is 4.90 Å². The molecule has 0 amide bonds. The molecule has 21 heavy (non-hydrogen) atoms. The van der Waals surface area contributed by atoms with Gasteiger partial charge in [0.05, 0.1) is 0 Å². The molecule has 1 aliphatic rings. The van der Waals surface area contributed by atoms with Gasteiger partial charge in [0.15, 0.2) is 0 Å². The molecule has 1 atom stereocenters. The molecule has 1 heterocycles. The Bertz CT molecular complexity index is 701. The Labute approximate surface area is 125 Å². The van der Waals surface area contributed by atoms with E-state index in [1.165, 1.54) is 11.1 Å². The normalized spacial score (nSPS) is 18.2. The van der Waals surface area contributed by atoms with E-state index in [0.717, 1.165) is 11.3 Å². The number of hydrogen-bond donors (Lipinski definition) is 2. The highest BCUT2D eigenvalue weighted by molar-refractivity contribution is 5.69. The summed E-state index contributed by atoms with van der Waals surface area (Å²) in [5.74, 6) is 0. The minimum Gasteiger partial charge on any atom is -0.399 e. The van der Waals surface area contributed by atoms with Crippen LogP contribution in [0.4, 0.5) is 5.69 Å². The van der Waals surface area contributed by atoms with E-state index in [-0.39, 0.29) is 6.17 Å². The Hall–Kier alpha value is -2.52. The fraction of sp³-hybridized carbons (Fsp3) is 0.111. The molecular formula is C18H19N3. The van der Waals surface area contributed by atoms with Crippen molar-refractivity contribution in [3.63, 3.8) is 0 Å². The molecule has 0 saturated heterocycles. The summed E-state index contributed by atoms with van der Waals surface area (Å²) in [6.07, 6.45) is 3.66. The topological polar surface area (TPSA) is 55.3 Å². The van der Waals surface area contributed by atoms with E-state index in [2.05, 4.69) is 24.3 Å². The highest BCUT2D eigenvalue weighted by atomic mass is 15.2. The summed E-state index contributed by atoms with van der Waals surface area (Å²) < 4.78 is 0. The molecule has 106 valence electrons. The third kappa shape index (κ3) is 2.56. The van der Waals surface area contributed by atoms with Gasteiger partial charge in [0, 0.05) is 17.6 Å². The molecular weight excluding hydrogens is 258 g/mol. The molecule has 3 rings (SSSR count). The predicted octanol–water partition coefficient (Wildman–Crippen LogP) is 3.20. The van der Waals surface area contributed by atoms with Crippen LogP contribution in [-0.4, -0.2) is 6.17 Å². The minimum atomic E-state index is -0.318. The van der Waals surface area contributed by atoms with Gasteiger partial charge in [-0.1, -0.05) is 42.5 Å². The van der Waals surface area contributed by atoms with E-state index in [0.29, 0.717) is 5.70 Å². The van der Waals surface area contributed by atoms with Crippen molar-refractivity contribution in [2.24, 2.45) is 11.5 Å². The maximum atomic E-state index is 6.23. The van der Waals surface area contributed by atoms with E-state index in [4.69, 9.17) is 11.5 Å². The van der Waals surface area contributed by atoms with Gasteiger partial charge in [-0.25, -0.2) is 0 Å². The van der Waals surface area contributed by atoms with Crippen LogP contribution >= 0.6 is 0 Å². The molecule has 2 aromatic rings. The molecule has 3 nitrogen and oxygen atoms in total. The Balaban J connectivity index is 1.97. The number of rotatable bonds is 2. The van der Waals surface area contributed by atoms with Crippen molar-refractivity contribution in [3.05, 3.63) is 78.1 Å². The monoisotopic (exact) mass is 277 g/mol. The van der Waals surface area contributed by atoms with Crippen molar-refractivity contribution < 1.29 is 0 Å². The zero-order valence-electron chi connectivity index (χ0n) is 12.0. The summed E-state index contributed by atoms with van der Waals surface area (Å²) in [6.45, 7) is 1.98. The minimum absolute atomic E-state index is 0.318. The predicted molar refractivity (Wildman–Crippen MR) is 88.4 cm³/mol. The van der Waals surface area contributed by atoms with Gasteiger partial charge in [0.2, 0.25) is 0 Å². The summed E-state index contributed by atoms with van der Waals surface area (Å²) in [6, 6.07) is 18.6. The van der Waals surface area contributed by atoms with Crippen LogP contribution in [0.2, 0.25) is 0 Å². The lowest BCUT2D eigenvalue weighted by Gasteiger charge is -2.32. The standard InChI is InChI=1S/C18H19N3/c1-13-10-11-21(18(20)17(13)19)16-9-5-8-15(12-16)14-6-3-2-4-7-14/h2-12,18H,19-20H2,1H3. The first-order valence-corrected chi connectivity index (χ1v) is 7.00. The first-order chi connectivity index (χ1) is 10.2. The number of hydrogen-bond acceptors (Lipinski definition) is 3. The van der Waals surface area contributed by atoms with Crippen LogP contribution < -0.4 is 16.4 Å². The van der Waals surface area contributed by atoms with E-state index < -0.39 is 0 Å². The van der Waals surface area contributed by atoms with E-state index in [1.807, 2.05) is 54.4 Å². The summed E-state index contributed by atoms with van der Waals surface area (Å²) in [4.78, 5) is 1.99. The van der Waals surface area contributed by atoms with Gasteiger partial charge in [-0.2, -0.15) is 0 Å². The molecule has 1 unspecified atom stereocenters. The highest BCUT2D eigenvalue weighted by Gasteiger charge is 2.20. The van der Waals surface area contributed by atoms with Crippen LogP contribution in [-0.2, 0) is 0 Å². The first-order valence-electron chi connectivity index (χ1n) is 7.00. The van der Waals surface area contributed by atoms with Gasteiger partial charge in [-0.15, -0.1) is 0 Å². The van der Waals surface area contributed by atoms with Crippen LogP contribution in [0.3, 0.4) is 0 Å². The molecule has 3 heteroatoms. The number of nitrogens with two attached hydrogens (primary N) is 2. The van der Waals surface area contributed by atoms with Gasteiger partial charge in [-0.05, 0) is 41.8 Å². The van der Waals surface area contributed by atoms with Crippen molar-refractivity contribution in [3.8, 4) is 11.1 Å². The van der Waals surface area contributed by atoms with Crippen LogP contribution in [0, 0.1) is 0 Å². The highest BCUT2D eigenvalue weighted by Crippen LogP contribution is 2.28. The van der Waals surface area contributed by atoms with Gasteiger partial charge >= 0.3 is 0 Å². The molecule has 0 radical (unpaired) electrons. The van der Waals surface area contributed by atoms with Crippen LogP contribution in [0.25, 0.3) is 11.1 Å². The van der Waals surface area contributed by atoms with Gasteiger partial charge < -0.3 is 16.4 Å². The number of allylic oxidation sites excluding steroid dienone is 2. The molecule has 0 saturated carbocycles. The molecule has 4 N–H and O–H groups in total. The fourth-order valence-electron chi connectivity index (χ4n) is 2.49. The second kappa shape index (κ2) is 5.46. The Morgan fingerprint density at radius 3 is 2.43 bits per heavy atom. The summed E-state index contributed by atoms with van der Waals surface area (Å²) >= 11 is 0. The maximum absolute atomic E-state index is 6.23. The molecule has 0 bridgehead atoms. The van der Waals surface area contributed by atoms with Crippen molar-refractivity contribution in [1.29, 1.82) is 0 Å². The third-order valence-electron chi connectivity index (χ3n) is 3.81. The quantitative estimate of drug-likeness (QED) is 0.886. The van der Waals surface area contributed by atoms with Crippen molar-refractivity contribution in [2.45, 2.75) is 13.1 Å². The van der Waals surface area contributed by atoms with E-state index >= 15 is 0 Å². The molecule has 0 aliphatic carbocycles. The zero-order valence-corrected chi connectivity index (χ0v) is 12.0. The van der Waals surface area contributed by atoms with Crippen molar-refractivity contribution >= 4 is 5.69 Å². The first kappa shape index (κ1) is 13.5. The second-order valence-electron chi connectivity index (χ2n) is 5.22. The summed E-state index contributed by atoms with van der Waals surface area (Å²) in [5, 5.41) is 0. The van der Waals surface area contributed by atoms with Crippen LogP contribution in [0.5, 0.6) is 0 Å².